The monoisotopic (exact) mass is 275 g/mol. The number of methoxy groups -OCH3 is 2. The Balaban J connectivity index is 2.05. The Morgan fingerprint density at radius 3 is 2.60 bits per heavy atom. The van der Waals surface area contributed by atoms with Gasteiger partial charge in [0.05, 0.1) is 20.4 Å². The largest absolute Gasteiger partial charge is 0.493 e. The summed E-state index contributed by atoms with van der Waals surface area (Å²) in [6.45, 7) is 4.92. The van der Waals surface area contributed by atoms with Gasteiger partial charge in [0.1, 0.15) is 0 Å². The van der Waals surface area contributed by atoms with Gasteiger partial charge in [-0.3, -0.25) is 5.10 Å². The molecule has 0 bridgehead atoms. The Hall–Kier alpha value is -2.01. The molecule has 1 atom stereocenters. The van der Waals surface area contributed by atoms with Crippen LogP contribution in [0.1, 0.15) is 29.8 Å². The van der Waals surface area contributed by atoms with Crippen molar-refractivity contribution in [1.82, 2.24) is 15.5 Å². The van der Waals surface area contributed by atoms with Gasteiger partial charge in [-0.15, -0.1) is 0 Å². The molecule has 2 rings (SSSR count). The fourth-order valence-electron chi connectivity index (χ4n) is 2.06. The molecule has 0 fully saturated rings. The molecule has 0 aliphatic rings. The van der Waals surface area contributed by atoms with Crippen molar-refractivity contribution in [1.29, 1.82) is 0 Å². The van der Waals surface area contributed by atoms with Crippen molar-refractivity contribution in [3.05, 3.63) is 41.2 Å². The standard InChI is InChI=1S/C15H21N3O2/c1-10(16-8-13-9-17-18-11(13)2)12-5-6-14(19-3)15(7-12)20-4/h5-7,9-10,16H,8H2,1-4H3,(H,17,18)/t10-/m0/s1. The second kappa shape index (κ2) is 6.43. The number of nitrogens with zero attached hydrogens (tertiary/aromatic N) is 1. The van der Waals surface area contributed by atoms with Crippen LogP contribution >= 0.6 is 0 Å². The van der Waals surface area contributed by atoms with Crippen LogP contribution in [-0.4, -0.2) is 24.4 Å². The number of hydrogen-bond donors (Lipinski definition) is 2. The van der Waals surface area contributed by atoms with Gasteiger partial charge in [-0.1, -0.05) is 6.07 Å². The average Bonchev–Trinajstić information content (AvgIpc) is 2.89. The lowest BCUT2D eigenvalue weighted by atomic mass is 10.1. The summed E-state index contributed by atoms with van der Waals surface area (Å²) in [5, 5.41) is 10.4. The van der Waals surface area contributed by atoms with E-state index in [-0.39, 0.29) is 6.04 Å². The summed E-state index contributed by atoms with van der Waals surface area (Å²) in [6, 6.07) is 6.18. The molecule has 1 aromatic carbocycles. The molecule has 0 unspecified atom stereocenters. The summed E-state index contributed by atoms with van der Waals surface area (Å²) in [4.78, 5) is 0. The zero-order valence-corrected chi connectivity index (χ0v) is 12.4. The zero-order valence-electron chi connectivity index (χ0n) is 12.4. The maximum atomic E-state index is 5.33. The van der Waals surface area contributed by atoms with E-state index < -0.39 is 0 Å². The Morgan fingerprint density at radius 1 is 1.25 bits per heavy atom. The van der Waals surface area contributed by atoms with E-state index in [0.29, 0.717) is 0 Å². The van der Waals surface area contributed by atoms with E-state index >= 15 is 0 Å². The molecule has 1 aromatic heterocycles. The molecule has 108 valence electrons. The number of nitrogens with one attached hydrogen (secondary N) is 2. The van der Waals surface area contributed by atoms with Crippen LogP contribution in [0.4, 0.5) is 0 Å². The number of aromatic amines is 1. The number of ether oxygens (including phenoxy) is 2. The van der Waals surface area contributed by atoms with Gasteiger partial charge in [0.25, 0.3) is 0 Å². The highest BCUT2D eigenvalue weighted by Crippen LogP contribution is 2.29. The maximum Gasteiger partial charge on any atom is 0.161 e. The predicted molar refractivity (Wildman–Crippen MR) is 78.1 cm³/mol. The molecule has 0 saturated heterocycles. The quantitative estimate of drug-likeness (QED) is 0.850. The molecule has 20 heavy (non-hydrogen) atoms. The Kier molecular flexibility index (Phi) is 4.63. The van der Waals surface area contributed by atoms with Crippen molar-refractivity contribution >= 4 is 0 Å². The first-order valence-corrected chi connectivity index (χ1v) is 6.60. The molecule has 0 spiro atoms. The lowest BCUT2D eigenvalue weighted by Gasteiger charge is -2.16. The lowest BCUT2D eigenvalue weighted by molar-refractivity contribution is 0.354. The highest BCUT2D eigenvalue weighted by atomic mass is 16.5. The van der Waals surface area contributed by atoms with Crippen LogP contribution in [0.5, 0.6) is 11.5 Å². The molecule has 5 heteroatoms. The van der Waals surface area contributed by atoms with Crippen molar-refractivity contribution in [2.24, 2.45) is 0 Å². The Labute approximate surface area is 119 Å². The molecular formula is C15H21N3O2. The van der Waals surface area contributed by atoms with Crippen LogP contribution in [0, 0.1) is 6.92 Å². The number of hydrogen-bond acceptors (Lipinski definition) is 4. The summed E-state index contributed by atoms with van der Waals surface area (Å²) in [5.74, 6) is 1.49. The third-order valence-electron chi connectivity index (χ3n) is 3.44. The molecule has 1 heterocycles. The minimum absolute atomic E-state index is 0.212. The van der Waals surface area contributed by atoms with Gasteiger partial charge < -0.3 is 14.8 Å². The van der Waals surface area contributed by atoms with Crippen molar-refractivity contribution in [3.63, 3.8) is 0 Å². The number of H-pyrrole nitrogens is 1. The maximum absolute atomic E-state index is 5.33. The number of aromatic nitrogens is 2. The van der Waals surface area contributed by atoms with Crippen molar-refractivity contribution < 1.29 is 9.47 Å². The van der Waals surface area contributed by atoms with E-state index in [2.05, 4.69) is 22.4 Å². The van der Waals surface area contributed by atoms with Crippen molar-refractivity contribution in [3.8, 4) is 11.5 Å². The Bertz CT molecular complexity index is 566. The molecule has 2 N–H and O–H groups in total. The smallest absolute Gasteiger partial charge is 0.161 e. The molecule has 2 aromatic rings. The first kappa shape index (κ1) is 14.4. The second-order valence-electron chi connectivity index (χ2n) is 4.74. The van der Waals surface area contributed by atoms with Gasteiger partial charge in [0, 0.05) is 23.8 Å². The van der Waals surface area contributed by atoms with Gasteiger partial charge >= 0.3 is 0 Å². The fraction of sp³-hybridized carbons (Fsp3) is 0.400. The van der Waals surface area contributed by atoms with E-state index in [1.54, 1.807) is 14.2 Å². The van der Waals surface area contributed by atoms with Crippen LogP contribution in [0.3, 0.4) is 0 Å². The fourth-order valence-corrected chi connectivity index (χ4v) is 2.06. The van der Waals surface area contributed by atoms with Crippen LogP contribution in [0.15, 0.2) is 24.4 Å². The highest BCUT2D eigenvalue weighted by Gasteiger charge is 2.10. The van der Waals surface area contributed by atoms with Crippen LogP contribution in [0.2, 0.25) is 0 Å². The molecule has 0 aliphatic heterocycles. The minimum atomic E-state index is 0.212. The molecular weight excluding hydrogens is 254 g/mol. The number of rotatable bonds is 6. The number of aryl methyl sites for hydroxylation is 1. The zero-order chi connectivity index (χ0) is 14.5. The van der Waals surface area contributed by atoms with Gasteiger partial charge in [0.15, 0.2) is 11.5 Å². The summed E-state index contributed by atoms with van der Waals surface area (Å²) in [5.41, 5.74) is 3.43. The first-order valence-electron chi connectivity index (χ1n) is 6.60. The Morgan fingerprint density at radius 2 is 2.00 bits per heavy atom. The van der Waals surface area contributed by atoms with Gasteiger partial charge in [-0.25, -0.2) is 0 Å². The van der Waals surface area contributed by atoms with Gasteiger partial charge in [-0.05, 0) is 31.5 Å². The molecule has 0 amide bonds. The van der Waals surface area contributed by atoms with E-state index in [1.165, 1.54) is 5.56 Å². The van der Waals surface area contributed by atoms with Crippen molar-refractivity contribution in [2.45, 2.75) is 26.4 Å². The van der Waals surface area contributed by atoms with Crippen molar-refractivity contribution in [2.75, 3.05) is 14.2 Å². The van der Waals surface area contributed by atoms with Gasteiger partial charge in [0.2, 0.25) is 0 Å². The van der Waals surface area contributed by atoms with E-state index in [0.717, 1.165) is 29.3 Å². The van der Waals surface area contributed by atoms with E-state index in [1.807, 2.05) is 31.3 Å². The van der Waals surface area contributed by atoms with Crippen LogP contribution in [-0.2, 0) is 6.54 Å². The van der Waals surface area contributed by atoms with Gasteiger partial charge in [-0.2, -0.15) is 5.10 Å². The normalized spacial score (nSPS) is 12.2. The molecule has 5 nitrogen and oxygen atoms in total. The SMILES string of the molecule is COc1ccc([C@H](C)NCc2cn[nH]c2C)cc1OC. The molecule has 0 saturated carbocycles. The van der Waals surface area contributed by atoms with Crippen LogP contribution < -0.4 is 14.8 Å². The summed E-state index contributed by atoms with van der Waals surface area (Å²) in [7, 11) is 3.29. The third kappa shape index (κ3) is 3.11. The summed E-state index contributed by atoms with van der Waals surface area (Å²) >= 11 is 0. The third-order valence-corrected chi connectivity index (χ3v) is 3.44. The highest BCUT2D eigenvalue weighted by molar-refractivity contribution is 5.43. The van der Waals surface area contributed by atoms with E-state index in [9.17, 15) is 0 Å². The molecule has 0 aliphatic carbocycles. The summed E-state index contributed by atoms with van der Waals surface area (Å²) < 4.78 is 10.6. The lowest BCUT2D eigenvalue weighted by Crippen LogP contribution is -2.18. The molecule has 0 radical (unpaired) electrons. The predicted octanol–water partition coefficient (Wildman–Crippen LogP) is 2.59. The number of benzene rings is 1. The minimum Gasteiger partial charge on any atom is -0.493 e. The summed E-state index contributed by atoms with van der Waals surface area (Å²) in [6.07, 6.45) is 1.85. The topological polar surface area (TPSA) is 59.2 Å². The average molecular weight is 275 g/mol. The van der Waals surface area contributed by atoms with Crippen LogP contribution in [0.25, 0.3) is 0 Å². The van der Waals surface area contributed by atoms with E-state index in [4.69, 9.17) is 9.47 Å². The second-order valence-corrected chi connectivity index (χ2v) is 4.74. The first-order chi connectivity index (χ1) is 9.65.